The average molecular weight is 276 g/mol. The first kappa shape index (κ1) is 13.5. The van der Waals surface area contributed by atoms with Gasteiger partial charge in [0.05, 0.1) is 18.2 Å². The first-order valence-electron chi connectivity index (χ1n) is 6.92. The highest BCUT2D eigenvalue weighted by molar-refractivity contribution is 5.88. The molecule has 2 aliphatic carbocycles. The van der Waals surface area contributed by atoms with Gasteiger partial charge < -0.3 is 20.9 Å². The van der Waals surface area contributed by atoms with E-state index < -0.39 is 11.6 Å². The van der Waals surface area contributed by atoms with Crippen LogP contribution in [0, 0.1) is 0 Å². The first-order valence-corrected chi connectivity index (χ1v) is 6.92. The number of benzene rings is 1. The fraction of sp³-hybridized carbons (Fsp3) is 0.533. The first-order chi connectivity index (χ1) is 9.53. The Morgan fingerprint density at radius 2 is 2.15 bits per heavy atom. The number of nitrogens with two attached hydrogens (primary N) is 1. The van der Waals surface area contributed by atoms with Crippen molar-refractivity contribution in [1.29, 1.82) is 0 Å². The van der Waals surface area contributed by atoms with Crippen molar-refractivity contribution in [3.63, 3.8) is 0 Å². The quantitative estimate of drug-likeness (QED) is 0.739. The summed E-state index contributed by atoms with van der Waals surface area (Å²) in [5.41, 5.74) is 7.29. The summed E-state index contributed by atoms with van der Waals surface area (Å²) in [6.07, 6.45) is 1.10. The lowest BCUT2D eigenvalue weighted by molar-refractivity contribution is -0.137. The maximum atomic E-state index is 12.3. The zero-order chi connectivity index (χ0) is 14.3. The number of nitrogens with one attached hydrogen (secondary N) is 1. The molecular formula is C15H20N2O3. The van der Waals surface area contributed by atoms with Crippen molar-refractivity contribution < 1.29 is 14.6 Å². The lowest BCUT2D eigenvalue weighted by Gasteiger charge is -2.43. The lowest BCUT2D eigenvalue weighted by Crippen LogP contribution is -2.64. The highest BCUT2D eigenvalue weighted by atomic mass is 16.5. The van der Waals surface area contributed by atoms with Crippen molar-refractivity contribution in [3.8, 4) is 0 Å². The summed E-state index contributed by atoms with van der Waals surface area (Å²) < 4.78 is 5.17. The van der Waals surface area contributed by atoms with Gasteiger partial charge in [-0.3, -0.25) is 4.79 Å². The Morgan fingerprint density at radius 1 is 1.45 bits per heavy atom. The number of carbonyl (C=O) groups excluding carboxylic acids is 1. The molecule has 5 heteroatoms. The molecule has 1 fully saturated rings. The molecule has 1 aromatic carbocycles. The molecule has 1 saturated carbocycles. The van der Waals surface area contributed by atoms with Gasteiger partial charge in [0.25, 0.3) is 0 Å². The number of amides is 1. The third kappa shape index (κ3) is 2.12. The number of carbonyl (C=O) groups is 1. The van der Waals surface area contributed by atoms with Gasteiger partial charge in [0.1, 0.15) is 5.54 Å². The van der Waals surface area contributed by atoms with Gasteiger partial charge in [-0.05, 0) is 11.1 Å². The van der Waals surface area contributed by atoms with Crippen LogP contribution in [0.2, 0.25) is 0 Å². The maximum absolute atomic E-state index is 12.3. The van der Waals surface area contributed by atoms with E-state index in [1.54, 1.807) is 7.11 Å². The van der Waals surface area contributed by atoms with Crippen molar-refractivity contribution in [2.45, 2.75) is 43.1 Å². The monoisotopic (exact) mass is 276 g/mol. The van der Waals surface area contributed by atoms with Crippen molar-refractivity contribution >= 4 is 5.91 Å². The van der Waals surface area contributed by atoms with E-state index in [2.05, 4.69) is 5.32 Å². The van der Waals surface area contributed by atoms with Gasteiger partial charge in [-0.2, -0.15) is 0 Å². The van der Waals surface area contributed by atoms with Crippen molar-refractivity contribution in [1.82, 2.24) is 5.32 Å². The minimum atomic E-state index is -0.863. The number of ether oxygens (including phenoxy) is 1. The number of methoxy groups -OCH3 is 1. The van der Waals surface area contributed by atoms with Crippen LogP contribution in [-0.4, -0.2) is 35.9 Å². The summed E-state index contributed by atoms with van der Waals surface area (Å²) in [5.74, 6) is -0.202. The van der Waals surface area contributed by atoms with Crippen molar-refractivity contribution in [3.05, 3.63) is 35.4 Å². The molecule has 4 N–H and O–H groups in total. The third-order valence-corrected chi connectivity index (χ3v) is 4.46. The van der Waals surface area contributed by atoms with E-state index in [4.69, 9.17) is 10.5 Å². The van der Waals surface area contributed by atoms with E-state index in [1.165, 1.54) is 0 Å². The maximum Gasteiger partial charge on any atom is 0.240 e. The predicted octanol–water partition coefficient (Wildman–Crippen LogP) is 0.267. The van der Waals surface area contributed by atoms with Crippen LogP contribution in [-0.2, 0) is 16.0 Å². The van der Waals surface area contributed by atoms with Gasteiger partial charge in [-0.15, -0.1) is 0 Å². The molecule has 0 saturated heterocycles. The van der Waals surface area contributed by atoms with E-state index >= 15 is 0 Å². The Hall–Kier alpha value is -1.43. The number of rotatable bonds is 3. The van der Waals surface area contributed by atoms with E-state index in [1.807, 2.05) is 24.3 Å². The molecule has 2 aliphatic rings. The molecule has 0 aromatic heterocycles. The predicted molar refractivity (Wildman–Crippen MR) is 74.0 cm³/mol. The molecule has 0 radical (unpaired) electrons. The van der Waals surface area contributed by atoms with Crippen LogP contribution in [0.1, 0.15) is 30.0 Å². The topological polar surface area (TPSA) is 84.6 Å². The Morgan fingerprint density at radius 3 is 2.85 bits per heavy atom. The second-order valence-electron chi connectivity index (χ2n) is 5.84. The standard InChI is InChI=1S/C15H20N2O3/c1-20-10-7-15(16,8-10)14(19)17-13-11-5-3-2-4-9(11)6-12(13)18/h2-5,10,12-13,18H,6-8,16H2,1H3,(H,17,19)/t10?,12-,13+,15?/m0/s1. The van der Waals surface area contributed by atoms with Gasteiger partial charge in [0, 0.05) is 26.4 Å². The highest BCUT2D eigenvalue weighted by Crippen LogP contribution is 2.35. The summed E-state index contributed by atoms with van der Waals surface area (Å²) >= 11 is 0. The molecule has 1 amide bonds. The van der Waals surface area contributed by atoms with E-state index in [0.29, 0.717) is 19.3 Å². The van der Waals surface area contributed by atoms with Gasteiger partial charge in [-0.1, -0.05) is 24.3 Å². The highest BCUT2D eigenvalue weighted by Gasteiger charge is 2.48. The summed E-state index contributed by atoms with van der Waals surface area (Å²) in [6.45, 7) is 0. The molecule has 1 aromatic rings. The molecule has 108 valence electrons. The minimum Gasteiger partial charge on any atom is -0.390 e. The number of hydrogen-bond donors (Lipinski definition) is 3. The van der Waals surface area contributed by atoms with E-state index in [9.17, 15) is 9.90 Å². The second kappa shape index (κ2) is 4.84. The molecule has 5 nitrogen and oxygen atoms in total. The third-order valence-electron chi connectivity index (χ3n) is 4.46. The molecule has 0 unspecified atom stereocenters. The van der Waals surface area contributed by atoms with Crippen LogP contribution in [0.5, 0.6) is 0 Å². The SMILES string of the molecule is COC1CC(N)(C(=O)N[C@@H]2c3ccccc3C[C@@H]2O)C1. The fourth-order valence-corrected chi connectivity index (χ4v) is 3.14. The largest absolute Gasteiger partial charge is 0.390 e. The minimum absolute atomic E-state index is 0.0616. The summed E-state index contributed by atoms with van der Waals surface area (Å²) in [5, 5.41) is 13.0. The van der Waals surface area contributed by atoms with Crippen LogP contribution in [0.3, 0.4) is 0 Å². The Kier molecular flexibility index (Phi) is 3.28. The number of hydrogen-bond acceptors (Lipinski definition) is 4. The molecular weight excluding hydrogens is 256 g/mol. The van der Waals surface area contributed by atoms with Crippen molar-refractivity contribution in [2.75, 3.05) is 7.11 Å². The second-order valence-corrected chi connectivity index (χ2v) is 5.84. The fourth-order valence-electron chi connectivity index (χ4n) is 3.14. The Labute approximate surface area is 118 Å². The Balaban J connectivity index is 1.71. The zero-order valence-electron chi connectivity index (χ0n) is 11.5. The summed E-state index contributed by atoms with van der Waals surface area (Å²) in [6, 6.07) is 7.42. The number of fused-ring (bicyclic) bond motifs is 1. The molecule has 0 heterocycles. The molecule has 0 aliphatic heterocycles. The van der Waals surface area contributed by atoms with Gasteiger partial charge in [0.2, 0.25) is 5.91 Å². The van der Waals surface area contributed by atoms with Crippen LogP contribution in [0.25, 0.3) is 0 Å². The lowest BCUT2D eigenvalue weighted by atomic mass is 9.74. The normalized spacial score (nSPS) is 35.2. The van der Waals surface area contributed by atoms with Crippen LogP contribution in [0.4, 0.5) is 0 Å². The van der Waals surface area contributed by atoms with Gasteiger partial charge in [-0.25, -0.2) is 0 Å². The molecule has 3 rings (SSSR count). The molecule has 0 bridgehead atoms. The smallest absolute Gasteiger partial charge is 0.240 e. The van der Waals surface area contributed by atoms with Gasteiger partial charge >= 0.3 is 0 Å². The average Bonchev–Trinajstić information content (AvgIpc) is 2.71. The molecule has 20 heavy (non-hydrogen) atoms. The molecule has 2 atom stereocenters. The van der Waals surface area contributed by atoms with Crippen LogP contribution < -0.4 is 11.1 Å². The Bertz CT molecular complexity index is 526. The van der Waals surface area contributed by atoms with Crippen LogP contribution >= 0.6 is 0 Å². The summed E-state index contributed by atoms with van der Waals surface area (Å²) in [4.78, 5) is 12.3. The van der Waals surface area contributed by atoms with E-state index in [-0.39, 0.29) is 18.1 Å². The molecule has 0 spiro atoms. The van der Waals surface area contributed by atoms with Gasteiger partial charge in [0.15, 0.2) is 0 Å². The number of aliphatic hydroxyl groups is 1. The number of aliphatic hydroxyl groups excluding tert-OH is 1. The van der Waals surface area contributed by atoms with Crippen LogP contribution in [0.15, 0.2) is 24.3 Å². The zero-order valence-corrected chi connectivity index (χ0v) is 11.5. The van der Waals surface area contributed by atoms with Crippen molar-refractivity contribution in [2.24, 2.45) is 5.73 Å². The van der Waals surface area contributed by atoms with E-state index in [0.717, 1.165) is 11.1 Å². The summed E-state index contributed by atoms with van der Waals surface area (Å²) in [7, 11) is 1.62.